The average molecular weight is 349 g/mol. The van der Waals surface area contributed by atoms with Crippen molar-refractivity contribution >= 4 is 32.7 Å². The van der Waals surface area contributed by atoms with E-state index in [0.717, 1.165) is 29.1 Å². The highest BCUT2D eigenvalue weighted by Crippen LogP contribution is 2.22. The maximum atomic E-state index is 12.4. The number of hydrogen-bond donors (Lipinski definition) is 1. The summed E-state index contributed by atoms with van der Waals surface area (Å²) in [5, 5.41) is 4.96. The Labute approximate surface area is 134 Å². The van der Waals surface area contributed by atoms with Crippen LogP contribution < -0.4 is 5.32 Å². The van der Waals surface area contributed by atoms with Crippen LogP contribution in [0.4, 0.5) is 0 Å². The molecule has 4 heteroatoms. The maximum Gasteiger partial charge on any atom is 0.252 e. The van der Waals surface area contributed by atoms with Gasteiger partial charge in [-0.3, -0.25) is 9.78 Å². The van der Waals surface area contributed by atoms with Gasteiger partial charge in [0.05, 0.1) is 11.1 Å². The molecule has 1 aromatic heterocycles. The van der Waals surface area contributed by atoms with E-state index in [4.69, 9.17) is 0 Å². The van der Waals surface area contributed by atoms with Gasteiger partial charge in [-0.1, -0.05) is 48.0 Å². The van der Waals surface area contributed by atoms with Gasteiger partial charge in [0.15, 0.2) is 0 Å². The normalized spacial score (nSPS) is 11.6. The van der Waals surface area contributed by atoms with Crippen molar-refractivity contribution in [1.82, 2.24) is 10.3 Å². The van der Waals surface area contributed by atoms with E-state index in [-0.39, 0.29) is 11.3 Å². The van der Waals surface area contributed by atoms with E-state index in [1.165, 1.54) is 0 Å². The zero-order valence-electron chi connectivity index (χ0n) is 12.5. The van der Waals surface area contributed by atoms with Gasteiger partial charge in [0.2, 0.25) is 0 Å². The molecule has 0 saturated heterocycles. The van der Waals surface area contributed by atoms with Crippen molar-refractivity contribution in [2.24, 2.45) is 5.41 Å². The van der Waals surface area contributed by atoms with Gasteiger partial charge in [-0.2, -0.15) is 0 Å². The SMILES string of the molecule is CC(C)(CCCBr)CNC(=O)c1ccnc2ccccc12. The number of aromatic nitrogens is 1. The molecule has 0 atom stereocenters. The molecule has 0 unspecified atom stereocenters. The molecule has 1 N–H and O–H groups in total. The molecule has 0 saturated carbocycles. The number of pyridine rings is 1. The molecule has 1 heterocycles. The highest BCUT2D eigenvalue weighted by Gasteiger charge is 2.19. The molecule has 2 rings (SSSR count). The van der Waals surface area contributed by atoms with Gasteiger partial charge in [0.1, 0.15) is 0 Å². The molecule has 0 spiro atoms. The van der Waals surface area contributed by atoms with Gasteiger partial charge in [-0.05, 0) is 30.4 Å². The summed E-state index contributed by atoms with van der Waals surface area (Å²) >= 11 is 3.45. The second kappa shape index (κ2) is 7.03. The summed E-state index contributed by atoms with van der Waals surface area (Å²) in [6, 6.07) is 9.50. The quantitative estimate of drug-likeness (QED) is 0.796. The van der Waals surface area contributed by atoms with Crippen molar-refractivity contribution in [3.8, 4) is 0 Å². The smallest absolute Gasteiger partial charge is 0.252 e. The molecule has 112 valence electrons. The summed E-state index contributed by atoms with van der Waals surface area (Å²) in [6.45, 7) is 5.04. The average Bonchev–Trinajstić information content (AvgIpc) is 2.50. The fraction of sp³-hybridized carbons (Fsp3) is 0.412. The molecular formula is C17H21BrN2O. The summed E-state index contributed by atoms with van der Waals surface area (Å²) in [5.41, 5.74) is 1.65. The van der Waals surface area contributed by atoms with Crippen LogP contribution in [-0.2, 0) is 0 Å². The Balaban J connectivity index is 2.09. The first-order valence-electron chi connectivity index (χ1n) is 7.21. The summed E-state index contributed by atoms with van der Waals surface area (Å²) < 4.78 is 0. The molecule has 0 aliphatic carbocycles. The van der Waals surface area contributed by atoms with E-state index in [9.17, 15) is 4.79 Å². The van der Waals surface area contributed by atoms with E-state index in [1.807, 2.05) is 24.3 Å². The number of carbonyl (C=O) groups is 1. The van der Waals surface area contributed by atoms with Crippen molar-refractivity contribution in [2.45, 2.75) is 26.7 Å². The van der Waals surface area contributed by atoms with Crippen LogP contribution in [0.15, 0.2) is 36.5 Å². The standard InChI is InChI=1S/C17H21BrN2O/c1-17(2,9-5-10-18)12-20-16(21)14-8-11-19-15-7-4-3-6-13(14)15/h3-4,6-8,11H,5,9-10,12H2,1-2H3,(H,20,21). The molecule has 3 nitrogen and oxygen atoms in total. The Hall–Kier alpha value is -1.42. The van der Waals surface area contributed by atoms with Gasteiger partial charge in [0.25, 0.3) is 5.91 Å². The molecule has 21 heavy (non-hydrogen) atoms. The maximum absolute atomic E-state index is 12.4. The fourth-order valence-corrected chi connectivity index (χ4v) is 2.62. The number of benzene rings is 1. The highest BCUT2D eigenvalue weighted by molar-refractivity contribution is 9.09. The summed E-state index contributed by atoms with van der Waals surface area (Å²) in [5.74, 6) is -0.0273. The number of alkyl halides is 1. The first-order chi connectivity index (χ1) is 10.0. The van der Waals surface area contributed by atoms with Crippen molar-refractivity contribution in [3.05, 3.63) is 42.1 Å². The van der Waals surface area contributed by atoms with Gasteiger partial charge in [-0.15, -0.1) is 0 Å². The van der Waals surface area contributed by atoms with Crippen LogP contribution in [0.25, 0.3) is 10.9 Å². The Morgan fingerprint density at radius 1 is 1.29 bits per heavy atom. The number of halogens is 1. The lowest BCUT2D eigenvalue weighted by Gasteiger charge is -2.24. The van der Waals surface area contributed by atoms with Crippen molar-refractivity contribution in [1.29, 1.82) is 0 Å². The lowest BCUT2D eigenvalue weighted by molar-refractivity contribution is 0.0936. The van der Waals surface area contributed by atoms with Crippen LogP contribution in [0.5, 0.6) is 0 Å². The Morgan fingerprint density at radius 2 is 2.05 bits per heavy atom. The highest BCUT2D eigenvalue weighted by atomic mass is 79.9. The molecule has 0 aliphatic heterocycles. The number of para-hydroxylation sites is 1. The molecule has 0 radical (unpaired) electrons. The van der Waals surface area contributed by atoms with E-state index in [0.29, 0.717) is 12.1 Å². The summed E-state index contributed by atoms with van der Waals surface area (Å²) in [4.78, 5) is 16.7. The lowest BCUT2D eigenvalue weighted by Crippen LogP contribution is -2.34. The molecule has 1 aromatic carbocycles. The van der Waals surface area contributed by atoms with Gasteiger partial charge >= 0.3 is 0 Å². The minimum atomic E-state index is -0.0273. The zero-order chi connectivity index (χ0) is 15.3. The van der Waals surface area contributed by atoms with Crippen LogP contribution in [0.3, 0.4) is 0 Å². The van der Waals surface area contributed by atoms with E-state index >= 15 is 0 Å². The van der Waals surface area contributed by atoms with Gasteiger partial charge in [-0.25, -0.2) is 0 Å². The number of rotatable bonds is 6. The lowest BCUT2D eigenvalue weighted by atomic mass is 9.88. The second-order valence-corrected chi connectivity index (χ2v) is 6.81. The molecular weight excluding hydrogens is 328 g/mol. The first-order valence-corrected chi connectivity index (χ1v) is 8.33. The Kier molecular flexibility index (Phi) is 5.34. The van der Waals surface area contributed by atoms with Gasteiger partial charge in [0, 0.05) is 23.5 Å². The van der Waals surface area contributed by atoms with E-state index in [2.05, 4.69) is 40.1 Å². The molecule has 0 bridgehead atoms. The molecule has 1 amide bonds. The topological polar surface area (TPSA) is 42.0 Å². The zero-order valence-corrected chi connectivity index (χ0v) is 14.1. The predicted octanol–water partition coefficient (Wildman–Crippen LogP) is 4.17. The van der Waals surface area contributed by atoms with Gasteiger partial charge < -0.3 is 5.32 Å². The van der Waals surface area contributed by atoms with Crippen LogP contribution >= 0.6 is 15.9 Å². The largest absolute Gasteiger partial charge is 0.351 e. The van der Waals surface area contributed by atoms with Crippen LogP contribution in [-0.4, -0.2) is 22.8 Å². The van der Waals surface area contributed by atoms with Crippen molar-refractivity contribution < 1.29 is 4.79 Å². The predicted molar refractivity (Wildman–Crippen MR) is 90.9 cm³/mol. The fourth-order valence-electron chi connectivity index (χ4n) is 2.34. The van der Waals surface area contributed by atoms with Crippen molar-refractivity contribution in [3.63, 3.8) is 0 Å². The van der Waals surface area contributed by atoms with E-state index in [1.54, 1.807) is 12.3 Å². The third kappa shape index (κ3) is 4.27. The number of amides is 1. The molecule has 0 fully saturated rings. The Bertz CT molecular complexity index is 620. The number of nitrogens with one attached hydrogen (secondary N) is 1. The van der Waals surface area contributed by atoms with Crippen LogP contribution in [0, 0.1) is 5.41 Å². The minimum absolute atomic E-state index is 0.0273. The number of hydrogen-bond acceptors (Lipinski definition) is 2. The number of fused-ring (bicyclic) bond motifs is 1. The number of nitrogens with zero attached hydrogens (tertiary/aromatic N) is 1. The third-order valence-electron chi connectivity index (χ3n) is 3.61. The van der Waals surface area contributed by atoms with Crippen LogP contribution in [0.1, 0.15) is 37.0 Å². The summed E-state index contributed by atoms with van der Waals surface area (Å²) in [6.07, 6.45) is 3.88. The Morgan fingerprint density at radius 3 is 2.81 bits per heavy atom. The monoisotopic (exact) mass is 348 g/mol. The number of carbonyl (C=O) groups excluding carboxylic acids is 1. The minimum Gasteiger partial charge on any atom is -0.351 e. The summed E-state index contributed by atoms with van der Waals surface area (Å²) in [7, 11) is 0. The third-order valence-corrected chi connectivity index (χ3v) is 4.17. The van der Waals surface area contributed by atoms with Crippen LogP contribution in [0.2, 0.25) is 0 Å². The molecule has 2 aromatic rings. The van der Waals surface area contributed by atoms with E-state index < -0.39 is 0 Å². The first kappa shape index (κ1) is 16.0. The molecule has 0 aliphatic rings. The van der Waals surface area contributed by atoms with Crippen molar-refractivity contribution in [2.75, 3.05) is 11.9 Å². The second-order valence-electron chi connectivity index (χ2n) is 6.02.